The third kappa shape index (κ3) is 4.42. The van der Waals surface area contributed by atoms with E-state index in [-0.39, 0.29) is 24.0 Å². The minimum absolute atomic E-state index is 0.0243. The van der Waals surface area contributed by atoms with Crippen LogP contribution in [0.1, 0.15) is 11.3 Å². The number of hydrogen-bond acceptors (Lipinski definition) is 5. The molecule has 8 nitrogen and oxygen atoms in total. The Labute approximate surface area is 160 Å². The fraction of sp³-hybridized carbons (Fsp3) is 0.412. The molecule has 1 amide bonds. The zero-order valence-corrected chi connectivity index (χ0v) is 15.5. The number of piperazine rings is 1. The number of rotatable bonds is 5. The van der Waals surface area contributed by atoms with E-state index >= 15 is 0 Å². The van der Waals surface area contributed by atoms with Crippen molar-refractivity contribution in [2.75, 3.05) is 26.2 Å². The Bertz CT molecular complexity index is 864. The van der Waals surface area contributed by atoms with E-state index < -0.39 is 4.92 Å². The van der Waals surface area contributed by atoms with Crippen LogP contribution in [0, 0.1) is 22.9 Å². The molecule has 144 valence electrons. The van der Waals surface area contributed by atoms with Crippen LogP contribution < -0.4 is 0 Å². The molecule has 27 heavy (non-hydrogen) atoms. The van der Waals surface area contributed by atoms with E-state index in [1.165, 1.54) is 16.8 Å². The molecule has 0 unspecified atom stereocenters. The van der Waals surface area contributed by atoms with Crippen molar-refractivity contribution in [3.05, 3.63) is 56.6 Å². The van der Waals surface area contributed by atoms with Crippen molar-refractivity contribution in [1.82, 2.24) is 19.6 Å². The summed E-state index contributed by atoms with van der Waals surface area (Å²) >= 11 is 6.07. The number of hydrogen-bond donors (Lipinski definition) is 0. The van der Waals surface area contributed by atoms with Crippen LogP contribution in [0.4, 0.5) is 10.1 Å². The third-order valence-electron chi connectivity index (χ3n) is 4.69. The van der Waals surface area contributed by atoms with Crippen molar-refractivity contribution in [3.63, 3.8) is 0 Å². The number of halogens is 2. The maximum Gasteiger partial charge on any atom is 0.309 e. The zero-order valence-electron chi connectivity index (χ0n) is 14.8. The van der Waals surface area contributed by atoms with Crippen LogP contribution in [0.5, 0.6) is 0 Å². The molecule has 1 aliphatic heterocycles. The smallest absolute Gasteiger partial charge is 0.309 e. The molecule has 0 saturated carbocycles. The molecular weight excluding hydrogens is 377 g/mol. The molecule has 1 saturated heterocycles. The van der Waals surface area contributed by atoms with Crippen molar-refractivity contribution in [3.8, 4) is 0 Å². The predicted octanol–water partition coefficient (Wildman–Crippen LogP) is 2.24. The van der Waals surface area contributed by atoms with Crippen LogP contribution in [-0.4, -0.2) is 56.6 Å². The van der Waals surface area contributed by atoms with E-state index in [2.05, 4.69) is 10.00 Å². The van der Waals surface area contributed by atoms with Gasteiger partial charge in [0.1, 0.15) is 24.3 Å². The van der Waals surface area contributed by atoms with Gasteiger partial charge in [-0.3, -0.25) is 24.5 Å². The van der Waals surface area contributed by atoms with Crippen LogP contribution in [0.15, 0.2) is 24.4 Å². The Hall–Kier alpha value is -2.52. The number of benzene rings is 1. The molecule has 2 heterocycles. The Balaban J connectivity index is 1.54. The SMILES string of the molecule is Cc1c([N+](=O)[O-])cnn1CC(=O)N1CCN(Cc2ccc(F)cc2Cl)CC1. The lowest BCUT2D eigenvalue weighted by molar-refractivity contribution is -0.385. The summed E-state index contributed by atoms with van der Waals surface area (Å²) in [4.78, 5) is 26.7. The van der Waals surface area contributed by atoms with Gasteiger partial charge in [-0.05, 0) is 24.6 Å². The number of nitro groups is 1. The highest BCUT2D eigenvalue weighted by molar-refractivity contribution is 6.31. The highest BCUT2D eigenvalue weighted by Crippen LogP contribution is 2.20. The number of amides is 1. The molecule has 2 aromatic rings. The standard InChI is InChI=1S/C17H19ClFN5O3/c1-12-16(24(26)27)9-20-23(12)11-17(25)22-6-4-21(5-7-22)10-13-2-3-14(19)8-15(13)18/h2-3,8-9H,4-7,10-11H2,1H3. The van der Waals surface area contributed by atoms with Gasteiger partial charge < -0.3 is 4.90 Å². The van der Waals surface area contributed by atoms with E-state index in [9.17, 15) is 19.3 Å². The summed E-state index contributed by atoms with van der Waals surface area (Å²) in [5.41, 5.74) is 1.11. The summed E-state index contributed by atoms with van der Waals surface area (Å²) in [6.45, 7) is 4.55. The first-order valence-electron chi connectivity index (χ1n) is 8.46. The number of carbonyl (C=O) groups excluding carboxylic acids is 1. The number of nitrogens with zero attached hydrogens (tertiary/aromatic N) is 5. The van der Waals surface area contributed by atoms with Gasteiger partial charge in [0.25, 0.3) is 0 Å². The summed E-state index contributed by atoms with van der Waals surface area (Å²) in [7, 11) is 0. The lowest BCUT2D eigenvalue weighted by atomic mass is 10.2. The Morgan fingerprint density at radius 3 is 2.63 bits per heavy atom. The van der Waals surface area contributed by atoms with E-state index in [0.717, 1.165) is 11.8 Å². The van der Waals surface area contributed by atoms with Crippen LogP contribution in [0.2, 0.25) is 5.02 Å². The highest BCUT2D eigenvalue weighted by atomic mass is 35.5. The van der Waals surface area contributed by atoms with Gasteiger partial charge in [0.05, 0.1) is 4.92 Å². The third-order valence-corrected chi connectivity index (χ3v) is 5.04. The number of carbonyl (C=O) groups is 1. The fourth-order valence-electron chi connectivity index (χ4n) is 3.05. The first kappa shape index (κ1) is 19.2. The molecule has 1 aromatic carbocycles. The van der Waals surface area contributed by atoms with Crippen molar-refractivity contribution in [2.45, 2.75) is 20.0 Å². The van der Waals surface area contributed by atoms with Crippen LogP contribution in [-0.2, 0) is 17.9 Å². The first-order chi connectivity index (χ1) is 12.8. The molecule has 1 fully saturated rings. The molecule has 10 heteroatoms. The summed E-state index contributed by atoms with van der Waals surface area (Å²) in [5.74, 6) is -0.496. The minimum Gasteiger partial charge on any atom is -0.339 e. The van der Waals surface area contributed by atoms with Crippen molar-refractivity contribution < 1.29 is 14.1 Å². The summed E-state index contributed by atoms with van der Waals surface area (Å²) in [6, 6.07) is 4.34. The molecule has 1 aliphatic rings. The zero-order chi connectivity index (χ0) is 19.6. The predicted molar refractivity (Wildman–Crippen MR) is 96.9 cm³/mol. The van der Waals surface area contributed by atoms with Crippen molar-refractivity contribution in [2.24, 2.45) is 0 Å². The first-order valence-corrected chi connectivity index (χ1v) is 8.84. The summed E-state index contributed by atoms with van der Waals surface area (Å²) < 4.78 is 14.5. The maximum atomic E-state index is 13.1. The largest absolute Gasteiger partial charge is 0.339 e. The summed E-state index contributed by atoms with van der Waals surface area (Å²) in [5, 5.41) is 15.2. The van der Waals surface area contributed by atoms with Gasteiger partial charge in [-0.1, -0.05) is 17.7 Å². The molecule has 0 bridgehead atoms. The second-order valence-corrected chi connectivity index (χ2v) is 6.83. The molecule has 0 aliphatic carbocycles. The Kier molecular flexibility index (Phi) is 5.71. The van der Waals surface area contributed by atoms with Crippen LogP contribution >= 0.6 is 11.6 Å². The lowest BCUT2D eigenvalue weighted by Crippen LogP contribution is -2.49. The van der Waals surface area contributed by atoms with Gasteiger partial charge in [0.15, 0.2) is 0 Å². The quantitative estimate of drug-likeness (QED) is 0.572. The van der Waals surface area contributed by atoms with E-state index in [4.69, 9.17) is 11.6 Å². The summed E-state index contributed by atoms with van der Waals surface area (Å²) in [6.07, 6.45) is 1.16. The molecule has 0 spiro atoms. The maximum absolute atomic E-state index is 13.1. The normalized spacial score (nSPS) is 15.1. The average molecular weight is 396 g/mol. The van der Waals surface area contributed by atoms with Crippen LogP contribution in [0.3, 0.4) is 0 Å². The lowest BCUT2D eigenvalue weighted by Gasteiger charge is -2.35. The van der Waals surface area contributed by atoms with Gasteiger partial charge in [0, 0.05) is 37.7 Å². The van der Waals surface area contributed by atoms with Gasteiger partial charge in [-0.25, -0.2) is 4.39 Å². The average Bonchev–Trinajstić information content (AvgIpc) is 2.99. The van der Waals surface area contributed by atoms with Crippen molar-refractivity contribution >= 4 is 23.2 Å². The molecule has 0 radical (unpaired) electrons. The van der Waals surface area contributed by atoms with Crippen LogP contribution in [0.25, 0.3) is 0 Å². The topological polar surface area (TPSA) is 84.5 Å². The van der Waals surface area contributed by atoms with E-state index in [1.54, 1.807) is 17.9 Å². The fourth-order valence-corrected chi connectivity index (χ4v) is 3.28. The Morgan fingerprint density at radius 2 is 2.04 bits per heavy atom. The molecular formula is C17H19ClFN5O3. The second-order valence-electron chi connectivity index (χ2n) is 6.42. The Morgan fingerprint density at radius 1 is 1.33 bits per heavy atom. The van der Waals surface area contributed by atoms with Crippen molar-refractivity contribution in [1.29, 1.82) is 0 Å². The molecule has 0 N–H and O–H groups in total. The minimum atomic E-state index is -0.511. The van der Waals surface area contributed by atoms with E-state index in [1.807, 2.05) is 0 Å². The van der Waals surface area contributed by atoms with Gasteiger partial charge in [0.2, 0.25) is 5.91 Å². The van der Waals surface area contributed by atoms with Gasteiger partial charge in [-0.2, -0.15) is 5.10 Å². The molecule has 3 rings (SSSR count). The highest BCUT2D eigenvalue weighted by Gasteiger charge is 2.24. The van der Waals surface area contributed by atoms with Gasteiger partial charge in [-0.15, -0.1) is 0 Å². The van der Waals surface area contributed by atoms with Gasteiger partial charge >= 0.3 is 5.69 Å². The number of aromatic nitrogens is 2. The second kappa shape index (κ2) is 8.01. The van der Waals surface area contributed by atoms with E-state index in [0.29, 0.717) is 43.4 Å². The molecule has 1 aromatic heterocycles. The molecule has 0 atom stereocenters. The monoisotopic (exact) mass is 395 g/mol.